The molecular formula is C5H3N7. The SMILES string of the molecule is c1nc2n(n1)CN=C1N=NN=C12. The van der Waals surface area contributed by atoms with Gasteiger partial charge in [-0.2, -0.15) is 5.10 Å². The molecule has 3 rings (SSSR count). The standard InChI is InChI=1S/C5H3N7/c1-6-5-3-4(10-11-9-3)7-2-12(5)8-1/h1H,2H2. The van der Waals surface area contributed by atoms with Gasteiger partial charge in [0.1, 0.15) is 13.0 Å². The molecule has 0 radical (unpaired) electrons. The number of rotatable bonds is 0. The lowest BCUT2D eigenvalue weighted by Gasteiger charge is -2.06. The summed E-state index contributed by atoms with van der Waals surface area (Å²) in [6.07, 6.45) is 1.47. The summed E-state index contributed by atoms with van der Waals surface area (Å²) in [6, 6.07) is 0. The molecule has 0 bridgehead atoms. The van der Waals surface area contributed by atoms with Crippen LogP contribution in [0.5, 0.6) is 0 Å². The molecule has 0 amide bonds. The summed E-state index contributed by atoms with van der Waals surface area (Å²) < 4.78 is 1.65. The van der Waals surface area contributed by atoms with Crippen LogP contribution in [0.4, 0.5) is 0 Å². The minimum atomic E-state index is 0.447. The predicted molar refractivity (Wildman–Crippen MR) is 38.9 cm³/mol. The van der Waals surface area contributed by atoms with E-state index in [1.165, 1.54) is 6.33 Å². The maximum absolute atomic E-state index is 4.09. The lowest BCUT2D eigenvalue weighted by molar-refractivity contribution is 0.627. The Morgan fingerprint density at radius 3 is 3.42 bits per heavy atom. The molecule has 0 saturated heterocycles. The van der Waals surface area contributed by atoms with Crippen molar-refractivity contribution in [3.05, 3.63) is 12.2 Å². The van der Waals surface area contributed by atoms with E-state index in [-0.39, 0.29) is 0 Å². The Labute approximate surface area is 66.5 Å². The zero-order valence-electron chi connectivity index (χ0n) is 5.91. The van der Waals surface area contributed by atoms with Gasteiger partial charge in [0.15, 0.2) is 11.5 Å². The quantitative estimate of drug-likeness (QED) is 0.528. The molecule has 58 valence electrons. The van der Waals surface area contributed by atoms with Crippen LogP contribution in [0, 0.1) is 0 Å². The first-order valence-corrected chi connectivity index (χ1v) is 3.37. The first kappa shape index (κ1) is 5.70. The molecule has 1 aromatic rings. The van der Waals surface area contributed by atoms with Crippen molar-refractivity contribution in [1.82, 2.24) is 14.8 Å². The van der Waals surface area contributed by atoms with Crippen LogP contribution in [0.2, 0.25) is 0 Å². The third-order valence-electron chi connectivity index (χ3n) is 1.68. The summed E-state index contributed by atoms with van der Waals surface area (Å²) in [5, 5.41) is 15.0. The van der Waals surface area contributed by atoms with Crippen molar-refractivity contribution in [3.63, 3.8) is 0 Å². The van der Waals surface area contributed by atoms with Gasteiger partial charge in [-0.1, -0.05) is 0 Å². The molecule has 2 aliphatic heterocycles. The highest BCUT2D eigenvalue weighted by molar-refractivity contribution is 6.47. The Hall–Kier alpha value is -1.92. The molecule has 0 N–H and O–H groups in total. The molecule has 0 unspecified atom stereocenters. The maximum Gasteiger partial charge on any atom is 0.205 e. The lowest BCUT2D eigenvalue weighted by Crippen LogP contribution is -2.22. The molecule has 0 saturated carbocycles. The van der Waals surface area contributed by atoms with E-state index in [1.54, 1.807) is 4.68 Å². The fraction of sp³-hybridized carbons (Fsp3) is 0.200. The second-order valence-electron chi connectivity index (χ2n) is 2.34. The van der Waals surface area contributed by atoms with Gasteiger partial charge in [-0.15, -0.1) is 10.2 Å². The van der Waals surface area contributed by atoms with Crippen molar-refractivity contribution in [2.45, 2.75) is 6.67 Å². The third kappa shape index (κ3) is 0.552. The number of amidine groups is 1. The normalized spacial score (nSPS) is 18.3. The van der Waals surface area contributed by atoms with Crippen LogP contribution in [0.15, 0.2) is 26.8 Å². The van der Waals surface area contributed by atoms with Crippen molar-refractivity contribution in [2.75, 3.05) is 0 Å². The van der Waals surface area contributed by atoms with Gasteiger partial charge in [-0.25, -0.2) is 14.7 Å². The van der Waals surface area contributed by atoms with Gasteiger partial charge in [0, 0.05) is 0 Å². The Bertz CT molecular complexity index is 423. The second-order valence-corrected chi connectivity index (χ2v) is 2.34. The summed E-state index contributed by atoms with van der Waals surface area (Å²) in [4.78, 5) is 8.11. The third-order valence-corrected chi connectivity index (χ3v) is 1.68. The van der Waals surface area contributed by atoms with Crippen molar-refractivity contribution >= 4 is 11.5 Å². The Morgan fingerprint density at radius 1 is 1.42 bits per heavy atom. The largest absolute Gasteiger partial charge is 0.239 e. The number of fused-ring (bicyclic) bond motifs is 3. The number of hydrogen-bond acceptors (Lipinski definition) is 6. The average molecular weight is 161 g/mol. The van der Waals surface area contributed by atoms with Crippen LogP contribution < -0.4 is 0 Å². The minimum absolute atomic E-state index is 0.447. The molecule has 3 heterocycles. The predicted octanol–water partition coefficient (Wildman–Crippen LogP) is -0.182. The Kier molecular flexibility index (Phi) is 0.861. The van der Waals surface area contributed by atoms with Crippen molar-refractivity contribution in [1.29, 1.82) is 0 Å². The van der Waals surface area contributed by atoms with Gasteiger partial charge in [0.05, 0.1) is 0 Å². The molecule has 0 atom stereocenters. The molecule has 7 heteroatoms. The van der Waals surface area contributed by atoms with E-state index < -0.39 is 0 Å². The maximum atomic E-state index is 4.09. The van der Waals surface area contributed by atoms with E-state index in [4.69, 9.17) is 0 Å². The zero-order chi connectivity index (χ0) is 7.97. The highest BCUT2D eigenvalue weighted by atomic mass is 15.5. The summed E-state index contributed by atoms with van der Waals surface area (Å²) in [6.45, 7) is 0.447. The average Bonchev–Trinajstić information content (AvgIpc) is 2.71. The van der Waals surface area contributed by atoms with E-state index in [0.29, 0.717) is 24.0 Å². The Balaban J connectivity index is 2.26. The van der Waals surface area contributed by atoms with Crippen LogP contribution in [0.1, 0.15) is 5.82 Å². The summed E-state index contributed by atoms with van der Waals surface area (Å²) in [5.74, 6) is 1.24. The van der Waals surface area contributed by atoms with E-state index in [9.17, 15) is 0 Å². The molecule has 7 nitrogen and oxygen atoms in total. The smallest absolute Gasteiger partial charge is 0.205 e. The monoisotopic (exact) mass is 161 g/mol. The van der Waals surface area contributed by atoms with Gasteiger partial charge < -0.3 is 0 Å². The summed E-state index contributed by atoms with van der Waals surface area (Å²) in [5.41, 5.74) is 0.610. The number of aromatic nitrogens is 3. The lowest BCUT2D eigenvalue weighted by atomic mass is 10.3. The Morgan fingerprint density at radius 2 is 2.42 bits per heavy atom. The van der Waals surface area contributed by atoms with E-state index in [0.717, 1.165) is 0 Å². The molecule has 0 aliphatic carbocycles. The first-order valence-electron chi connectivity index (χ1n) is 3.37. The molecule has 12 heavy (non-hydrogen) atoms. The van der Waals surface area contributed by atoms with Crippen LogP contribution >= 0.6 is 0 Å². The van der Waals surface area contributed by atoms with Crippen molar-refractivity contribution in [3.8, 4) is 0 Å². The summed E-state index contributed by atoms with van der Waals surface area (Å²) >= 11 is 0. The fourth-order valence-corrected chi connectivity index (χ4v) is 1.14. The van der Waals surface area contributed by atoms with Crippen molar-refractivity contribution < 1.29 is 0 Å². The van der Waals surface area contributed by atoms with Crippen LogP contribution in [-0.2, 0) is 6.67 Å². The van der Waals surface area contributed by atoms with Gasteiger partial charge in [-0.05, 0) is 5.22 Å². The highest BCUT2D eigenvalue weighted by Crippen LogP contribution is 2.11. The van der Waals surface area contributed by atoms with Gasteiger partial charge in [-0.3, -0.25) is 0 Å². The summed E-state index contributed by atoms with van der Waals surface area (Å²) in [7, 11) is 0. The van der Waals surface area contributed by atoms with E-state index in [2.05, 4.69) is 30.5 Å². The van der Waals surface area contributed by atoms with Gasteiger partial charge >= 0.3 is 0 Å². The zero-order valence-corrected chi connectivity index (χ0v) is 5.91. The van der Waals surface area contributed by atoms with Gasteiger partial charge in [0.25, 0.3) is 0 Å². The van der Waals surface area contributed by atoms with Crippen molar-refractivity contribution in [2.24, 2.45) is 20.4 Å². The van der Waals surface area contributed by atoms with Crippen LogP contribution in [-0.4, -0.2) is 26.3 Å². The molecular weight excluding hydrogens is 158 g/mol. The van der Waals surface area contributed by atoms with Crippen LogP contribution in [0.25, 0.3) is 0 Å². The molecule has 0 fully saturated rings. The number of hydrogen-bond donors (Lipinski definition) is 0. The first-order chi connectivity index (χ1) is 5.95. The fourth-order valence-electron chi connectivity index (χ4n) is 1.14. The van der Waals surface area contributed by atoms with E-state index >= 15 is 0 Å². The number of nitrogens with zero attached hydrogens (tertiary/aromatic N) is 7. The minimum Gasteiger partial charge on any atom is -0.239 e. The second kappa shape index (κ2) is 1.81. The van der Waals surface area contributed by atoms with E-state index in [1.807, 2.05) is 0 Å². The van der Waals surface area contributed by atoms with Gasteiger partial charge in [0.2, 0.25) is 5.84 Å². The highest BCUT2D eigenvalue weighted by Gasteiger charge is 2.25. The number of aliphatic imine (C=N–C) groups is 1. The molecule has 2 aliphatic rings. The molecule has 0 aromatic carbocycles. The molecule has 1 aromatic heterocycles. The topological polar surface area (TPSA) is 80.1 Å². The van der Waals surface area contributed by atoms with Crippen LogP contribution in [0.3, 0.4) is 0 Å². The molecule has 0 spiro atoms.